The van der Waals surface area contributed by atoms with E-state index in [-0.39, 0.29) is 12.1 Å². The average molecular weight is 354 g/mol. The van der Waals surface area contributed by atoms with E-state index in [9.17, 15) is 5.11 Å². The second-order valence-electron chi connectivity index (χ2n) is 7.14. The number of nitrogens with one attached hydrogen (secondary N) is 2. The van der Waals surface area contributed by atoms with Crippen LogP contribution in [0.15, 0.2) is 36.5 Å². The minimum absolute atomic E-state index is 0.0486. The van der Waals surface area contributed by atoms with Crippen molar-refractivity contribution in [3.05, 3.63) is 53.3 Å². The Labute approximate surface area is 153 Å². The molecule has 138 valence electrons. The second kappa shape index (κ2) is 7.35. The molecule has 6 heteroatoms. The Kier molecular flexibility index (Phi) is 5.15. The van der Waals surface area contributed by atoms with Crippen molar-refractivity contribution in [1.29, 1.82) is 0 Å². The molecule has 6 nitrogen and oxygen atoms in total. The van der Waals surface area contributed by atoms with E-state index >= 15 is 0 Å². The molecule has 0 bridgehead atoms. The van der Waals surface area contributed by atoms with Gasteiger partial charge in [-0.2, -0.15) is 0 Å². The highest BCUT2D eigenvalue weighted by Crippen LogP contribution is 2.26. The van der Waals surface area contributed by atoms with E-state index in [2.05, 4.69) is 35.2 Å². The summed E-state index contributed by atoms with van der Waals surface area (Å²) in [5, 5.41) is 14.2. The Balaban J connectivity index is 1.76. The number of hydrogen-bond acceptors (Lipinski definition) is 5. The van der Waals surface area contributed by atoms with Gasteiger partial charge in [0.1, 0.15) is 11.6 Å². The molecule has 0 saturated carbocycles. The Morgan fingerprint density at radius 3 is 2.77 bits per heavy atom. The van der Waals surface area contributed by atoms with Gasteiger partial charge in [-0.15, -0.1) is 0 Å². The van der Waals surface area contributed by atoms with Crippen LogP contribution in [0.4, 0.5) is 5.82 Å². The van der Waals surface area contributed by atoms with Crippen LogP contribution in [-0.2, 0) is 19.6 Å². The molecule has 2 heterocycles. The lowest BCUT2D eigenvalue weighted by Gasteiger charge is -2.26. The Morgan fingerprint density at radius 2 is 2.04 bits per heavy atom. The van der Waals surface area contributed by atoms with E-state index in [0.29, 0.717) is 12.4 Å². The monoisotopic (exact) mass is 354 g/mol. The predicted octanol–water partition coefficient (Wildman–Crippen LogP) is 2.76. The first kappa shape index (κ1) is 18.2. The second-order valence-corrected chi connectivity index (χ2v) is 7.14. The summed E-state index contributed by atoms with van der Waals surface area (Å²) in [4.78, 5) is 7.67. The van der Waals surface area contributed by atoms with Crippen molar-refractivity contribution in [2.24, 2.45) is 0 Å². The van der Waals surface area contributed by atoms with Crippen molar-refractivity contribution in [1.82, 2.24) is 15.3 Å². The molecule has 0 fully saturated rings. The van der Waals surface area contributed by atoms with Gasteiger partial charge in [0.05, 0.1) is 19.4 Å². The number of H-pyrrole nitrogens is 1. The lowest BCUT2D eigenvalue weighted by Crippen LogP contribution is -2.41. The standard InChI is InChI=1S/C20H26N4O2/c1-20(2,23-11-18-13(12-25)4-7-19(21)24-18)9-14-10-22-17-6-5-15(26-3)8-16(14)17/h4-8,10,22-23,25H,9,11-12H2,1-3H3,(H2,21,24). The number of nitrogen functional groups attached to an aromatic ring is 1. The van der Waals surface area contributed by atoms with Crippen molar-refractivity contribution in [2.45, 2.75) is 39.0 Å². The van der Waals surface area contributed by atoms with Crippen LogP contribution in [0, 0.1) is 0 Å². The average Bonchev–Trinajstić information content (AvgIpc) is 3.01. The number of aliphatic hydroxyl groups is 1. The number of pyridine rings is 1. The van der Waals surface area contributed by atoms with Gasteiger partial charge in [-0.05, 0) is 50.1 Å². The normalized spacial score (nSPS) is 11.8. The Bertz CT molecular complexity index is 902. The number of ether oxygens (including phenoxy) is 1. The van der Waals surface area contributed by atoms with Gasteiger partial charge in [-0.3, -0.25) is 0 Å². The van der Waals surface area contributed by atoms with Gasteiger partial charge >= 0.3 is 0 Å². The molecule has 0 saturated heterocycles. The molecule has 0 aliphatic heterocycles. The van der Waals surface area contributed by atoms with Crippen molar-refractivity contribution in [2.75, 3.05) is 12.8 Å². The summed E-state index contributed by atoms with van der Waals surface area (Å²) in [7, 11) is 1.68. The third-order valence-electron chi connectivity index (χ3n) is 4.60. The summed E-state index contributed by atoms with van der Waals surface area (Å²) in [6.07, 6.45) is 2.88. The van der Waals surface area contributed by atoms with Crippen LogP contribution in [0.1, 0.15) is 30.7 Å². The maximum Gasteiger partial charge on any atom is 0.123 e. The topological polar surface area (TPSA) is 96.2 Å². The highest BCUT2D eigenvalue weighted by Gasteiger charge is 2.21. The molecule has 0 aliphatic carbocycles. The summed E-state index contributed by atoms with van der Waals surface area (Å²) < 4.78 is 5.35. The highest BCUT2D eigenvalue weighted by atomic mass is 16.5. The summed E-state index contributed by atoms with van der Waals surface area (Å²) in [6.45, 7) is 4.79. The van der Waals surface area contributed by atoms with Gasteiger partial charge in [-0.25, -0.2) is 4.98 Å². The van der Waals surface area contributed by atoms with E-state index < -0.39 is 0 Å². The van der Waals surface area contributed by atoms with Crippen molar-refractivity contribution in [3.63, 3.8) is 0 Å². The zero-order valence-electron chi connectivity index (χ0n) is 15.5. The zero-order chi connectivity index (χ0) is 18.7. The first-order valence-electron chi connectivity index (χ1n) is 8.66. The van der Waals surface area contributed by atoms with Gasteiger partial charge in [0.25, 0.3) is 0 Å². The minimum atomic E-state index is -0.169. The number of benzene rings is 1. The van der Waals surface area contributed by atoms with Crippen LogP contribution in [0.2, 0.25) is 0 Å². The fourth-order valence-corrected chi connectivity index (χ4v) is 3.14. The van der Waals surface area contributed by atoms with Crippen LogP contribution in [0.25, 0.3) is 10.9 Å². The van der Waals surface area contributed by atoms with Gasteiger partial charge in [0.15, 0.2) is 0 Å². The molecule has 0 aliphatic rings. The van der Waals surface area contributed by atoms with Gasteiger partial charge in [-0.1, -0.05) is 6.07 Å². The summed E-state index contributed by atoms with van der Waals surface area (Å²) in [5.74, 6) is 1.31. The van der Waals surface area contributed by atoms with E-state index in [4.69, 9.17) is 10.5 Å². The van der Waals surface area contributed by atoms with Gasteiger partial charge < -0.3 is 25.9 Å². The van der Waals surface area contributed by atoms with E-state index in [0.717, 1.165) is 34.3 Å². The molecule has 2 aromatic heterocycles. The largest absolute Gasteiger partial charge is 0.497 e. The number of aliphatic hydroxyl groups excluding tert-OH is 1. The number of aromatic nitrogens is 2. The van der Waals surface area contributed by atoms with E-state index in [1.807, 2.05) is 24.4 Å². The van der Waals surface area contributed by atoms with Crippen molar-refractivity contribution in [3.8, 4) is 5.75 Å². The smallest absolute Gasteiger partial charge is 0.123 e. The third-order valence-corrected chi connectivity index (χ3v) is 4.60. The van der Waals surface area contributed by atoms with Crippen molar-refractivity contribution >= 4 is 16.7 Å². The first-order chi connectivity index (χ1) is 12.4. The molecule has 0 spiro atoms. The summed E-state index contributed by atoms with van der Waals surface area (Å²) in [5.41, 5.74) is 9.50. The van der Waals surface area contributed by atoms with E-state index in [1.54, 1.807) is 13.2 Å². The number of hydrogen-bond donors (Lipinski definition) is 4. The zero-order valence-corrected chi connectivity index (χ0v) is 15.5. The van der Waals surface area contributed by atoms with Crippen LogP contribution in [-0.4, -0.2) is 27.7 Å². The number of methoxy groups -OCH3 is 1. The molecule has 3 aromatic rings. The Morgan fingerprint density at radius 1 is 1.23 bits per heavy atom. The Hall–Kier alpha value is -2.57. The minimum Gasteiger partial charge on any atom is -0.497 e. The number of rotatable bonds is 7. The highest BCUT2D eigenvalue weighted by molar-refractivity contribution is 5.84. The first-order valence-corrected chi connectivity index (χ1v) is 8.66. The van der Waals surface area contributed by atoms with Gasteiger partial charge in [0.2, 0.25) is 0 Å². The molecule has 5 N–H and O–H groups in total. The molecular formula is C20H26N4O2. The fourth-order valence-electron chi connectivity index (χ4n) is 3.14. The number of nitrogens with two attached hydrogens (primary N) is 1. The lowest BCUT2D eigenvalue weighted by molar-refractivity contribution is 0.278. The van der Waals surface area contributed by atoms with Crippen LogP contribution < -0.4 is 15.8 Å². The summed E-state index contributed by atoms with van der Waals surface area (Å²) >= 11 is 0. The predicted molar refractivity (Wildman–Crippen MR) is 104 cm³/mol. The molecule has 0 unspecified atom stereocenters. The SMILES string of the molecule is COc1ccc2[nH]cc(CC(C)(C)NCc3nc(N)ccc3CO)c2c1. The van der Waals surface area contributed by atoms with E-state index in [1.165, 1.54) is 5.56 Å². The lowest BCUT2D eigenvalue weighted by atomic mass is 9.94. The van der Waals surface area contributed by atoms with Gasteiger partial charge in [0, 0.05) is 34.7 Å². The van der Waals surface area contributed by atoms with Crippen molar-refractivity contribution < 1.29 is 9.84 Å². The van der Waals surface area contributed by atoms with Crippen LogP contribution in [0.3, 0.4) is 0 Å². The molecule has 3 rings (SSSR count). The molecule has 0 radical (unpaired) electrons. The number of aromatic amines is 1. The molecule has 0 amide bonds. The third kappa shape index (κ3) is 3.98. The molecule has 26 heavy (non-hydrogen) atoms. The maximum atomic E-state index is 9.49. The molecule has 0 atom stereocenters. The molecule has 1 aromatic carbocycles. The molecular weight excluding hydrogens is 328 g/mol. The maximum absolute atomic E-state index is 9.49. The quantitative estimate of drug-likeness (QED) is 0.523. The number of anilines is 1. The summed E-state index contributed by atoms with van der Waals surface area (Å²) in [6, 6.07) is 9.56. The number of nitrogens with zero attached hydrogens (tertiary/aromatic N) is 1. The van der Waals surface area contributed by atoms with Crippen LogP contribution in [0.5, 0.6) is 5.75 Å². The fraction of sp³-hybridized carbons (Fsp3) is 0.350. The number of fused-ring (bicyclic) bond motifs is 1. The van der Waals surface area contributed by atoms with Crippen LogP contribution >= 0.6 is 0 Å².